The van der Waals surface area contributed by atoms with Gasteiger partial charge >= 0.3 is 11.9 Å². The van der Waals surface area contributed by atoms with Gasteiger partial charge in [0.2, 0.25) is 0 Å². The number of carbonyl (C=O) groups excluding carboxylic acids is 3. The van der Waals surface area contributed by atoms with Crippen LogP contribution in [0.3, 0.4) is 0 Å². The van der Waals surface area contributed by atoms with E-state index in [1.54, 1.807) is 61.5 Å². The molecule has 1 N–H and O–H groups in total. The number of ether oxygens (including phenoxy) is 2. The van der Waals surface area contributed by atoms with Crippen LogP contribution < -0.4 is 4.74 Å². The Kier molecular flexibility index (Phi) is 7.09. The quantitative estimate of drug-likeness (QED) is 0.489. The van der Waals surface area contributed by atoms with Gasteiger partial charge in [-0.1, -0.05) is 24.3 Å². The van der Waals surface area contributed by atoms with Crippen molar-refractivity contribution in [3.05, 3.63) is 70.1 Å². The number of aliphatic carboxylic acids is 1. The Balaban J connectivity index is 1.66. The van der Waals surface area contributed by atoms with Gasteiger partial charge in [0.05, 0.1) is 23.6 Å². The third-order valence-corrected chi connectivity index (χ3v) is 5.13. The van der Waals surface area contributed by atoms with Gasteiger partial charge in [0.1, 0.15) is 5.75 Å². The van der Waals surface area contributed by atoms with Crippen LogP contribution in [0.4, 0.5) is 4.79 Å². The molecule has 8 nitrogen and oxygen atoms in total. The molecule has 0 saturated carbocycles. The molecule has 2 amide bonds. The number of imide groups is 1. The number of rotatable bonds is 8. The number of esters is 1. The molecule has 9 heteroatoms. The molecule has 0 spiro atoms. The normalized spacial score (nSPS) is 14.7. The number of hydrogen-bond donors (Lipinski definition) is 1. The summed E-state index contributed by atoms with van der Waals surface area (Å²) in [7, 11) is 0. The molecule has 31 heavy (non-hydrogen) atoms. The van der Waals surface area contributed by atoms with Crippen LogP contribution in [0.2, 0.25) is 0 Å². The Morgan fingerprint density at radius 2 is 1.74 bits per heavy atom. The van der Waals surface area contributed by atoms with Crippen molar-refractivity contribution in [3.63, 3.8) is 0 Å². The Bertz CT molecular complexity index is 1030. The minimum atomic E-state index is -1.08. The number of hydrogen-bond acceptors (Lipinski definition) is 7. The van der Waals surface area contributed by atoms with Gasteiger partial charge in [-0.25, -0.2) is 9.59 Å². The molecule has 1 aliphatic heterocycles. The van der Waals surface area contributed by atoms with Crippen LogP contribution in [0.25, 0.3) is 6.08 Å². The molecule has 0 unspecified atom stereocenters. The van der Waals surface area contributed by atoms with Crippen LogP contribution >= 0.6 is 11.8 Å². The SMILES string of the molecule is CCOC(=O)c1ccc(CN2C(=O)S/C(=C\c3ccc(OCC(=O)O)cc3)C2=O)cc1. The van der Waals surface area contributed by atoms with Crippen molar-refractivity contribution in [2.45, 2.75) is 13.5 Å². The monoisotopic (exact) mass is 441 g/mol. The lowest BCUT2D eigenvalue weighted by atomic mass is 10.1. The van der Waals surface area contributed by atoms with Crippen LogP contribution in [-0.4, -0.2) is 46.3 Å². The topological polar surface area (TPSA) is 110 Å². The highest BCUT2D eigenvalue weighted by atomic mass is 32.2. The van der Waals surface area contributed by atoms with Gasteiger partial charge in [-0.2, -0.15) is 0 Å². The second kappa shape index (κ2) is 9.94. The molecule has 0 radical (unpaired) electrons. The molecule has 1 saturated heterocycles. The van der Waals surface area contributed by atoms with E-state index in [0.717, 1.165) is 16.7 Å². The molecule has 1 aliphatic rings. The Morgan fingerprint density at radius 3 is 2.35 bits per heavy atom. The van der Waals surface area contributed by atoms with E-state index in [9.17, 15) is 19.2 Å². The van der Waals surface area contributed by atoms with Gasteiger partial charge in [0.15, 0.2) is 6.61 Å². The van der Waals surface area contributed by atoms with Crippen LogP contribution in [0.1, 0.15) is 28.4 Å². The number of carboxylic acids is 1. The molecule has 0 aliphatic carbocycles. The molecular weight excluding hydrogens is 422 g/mol. The van der Waals surface area contributed by atoms with Crippen molar-refractivity contribution in [1.82, 2.24) is 4.90 Å². The standard InChI is InChI=1S/C22H19NO7S/c1-2-29-21(27)16-7-3-15(4-8-16)12-23-20(26)18(31-22(23)28)11-14-5-9-17(10-6-14)30-13-19(24)25/h3-11H,2,12-13H2,1H3,(H,24,25)/b18-11-. The maximum Gasteiger partial charge on any atom is 0.341 e. The first-order valence-electron chi connectivity index (χ1n) is 9.33. The summed E-state index contributed by atoms with van der Waals surface area (Å²) in [6.07, 6.45) is 1.59. The lowest BCUT2D eigenvalue weighted by Crippen LogP contribution is -2.27. The first-order valence-corrected chi connectivity index (χ1v) is 10.1. The van der Waals surface area contributed by atoms with E-state index in [1.165, 1.54) is 0 Å². The molecule has 2 aromatic rings. The third-order valence-electron chi connectivity index (χ3n) is 4.22. The van der Waals surface area contributed by atoms with Crippen LogP contribution in [0.15, 0.2) is 53.4 Å². The van der Waals surface area contributed by atoms with Gasteiger partial charge in [-0.3, -0.25) is 14.5 Å². The van der Waals surface area contributed by atoms with Gasteiger partial charge in [0.25, 0.3) is 11.1 Å². The predicted molar refractivity (Wildman–Crippen MR) is 113 cm³/mol. The minimum absolute atomic E-state index is 0.0904. The first kappa shape index (κ1) is 22.1. The zero-order valence-corrected chi connectivity index (χ0v) is 17.4. The Hall–Kier alpha value is -3.59. The molecule has 160 valence electrons. The van der Waals surface area contributed by atoms with Crippen molar-refractivity contribution in [2.24, 2.45) is 0 Å². The minimum Gasteiger partial charge on any atom is -0.482 e. The fraction of sp³-hybridized carbons (Fsp3) is 0.182. The van der Waals surface area contributed by atoms with Gasteiger partial charge in [-0.05, 0) is 60.2 Å². The maximum atomic E-state index is 12.7. The van der Waals surface area contributed by atoms with E-state index in [2.05, 4.69) is 0 Å². The second-order valence-corrected chi connectivity index (χ2v) is 7.43. The third kappa shape index (κ3) is 5.73. The summed E-state index contributed by atoms with van der Waals surface area (Å²) in [6, 6.07) is 13.0. The van der Waals surface area contributed by atoms with E-state index >= 15 is 0 Å². The summed E-state index contributed by atoms with van der Waals surface area (Å²) in [6.45, 7) is 1.65. The fourth-order valence-electron chi connectivity index (χ4n) is 2.74. The Labute approximate surface area is 182 Å². The molecule has 1 fully saturated rings. The van der Waals surface area contributed by atoms with Crippen molar-refractivity contribution < 1.29 is 33.8 Å². The molecule has 0 bridgehead atoms. The lowest BCUT2D eigenvalue weighted by Gasteiger charge is -2.12. The number of benzene rings is 2. The highest BCUT2D eigenvalue weighted by molar-refractivity contribution is 8.18. The van der Waals surface area contributed by atoms with Gasteiger partial charge in [0, 0.05) is 0 Å². The van der Waals surface area contributed by atoms with E-state index in [1.807, 2.05) is 0 Å². The highest BCUT2D eigenvalue weighted by Gasteiger charge is 2.35. The molecule has 0 aromatic heterocycles. The van der Waals surface area contributed by atoms with E-state index < -0.39 is 24.5 Å². The van der Waals surface area contributed by atoms with Crippen molar-refractivity contribution in [3.8, 4) is 5.75 Å². The summed E-state index contributed by atoms with van der Waals surface area (Å²) < 4.78 is 10.0. The van der Waals surface area contributed by atoms with Crippen molar-refractivity contribution >= 4 is 40.9 Å². The van der Waals surface area contributed by atoms with E-state index in [-0.39, 0.29) is 23.3 Å². The largest absolute Gasteiger partial charge is 0.482 e. The number of carboxylic acid groups (broad SMARTS) is 1. The van der Waals surface area contributed by atoms with E-state index in [0.29, 0.717) is 22.4 Å². The number of nitrogens with zero attached hydrogens (tertiary/aromatic N) is 1. The van der Waals surface area contributed by atoms with Crippen LogP contribution in [0, 0.1) is 0 Å². The molecular formula is C22H19NO7S. The summed E-state index contributed by atoms with van der Waals surface area (Å²) in [4.78, 5) is 48.7. The summed E-state index contributed by atoms with van der Waals surface area (Å²) in [5.74, 6) is -1.52. The smallest absolute Gasteiger partial charge is 0.341 e. The predicted octanol–water partition coefficient (Wildman–Crippen LogP) is 3.56. The zero-order valence-electron chi connectivity index (χ0n) is 16.6. The molecule has 3 rings (SSSR count). The Morgan fingerprint density at radius 1 is 1.06 bits per heavy atom. The summed E-state index contributed by atoms with van der Waals surface area (Å²) >= 11 is 0.844. The average Bonchev–Trinajstić information content (AvgIpc) is 3.01. The summed E-state index contributed by atoms with van der Waals surface area (Å²) in [5.41, 5.74) is 1.78. The van der Waals surface area contributed by atoms with Crippen LogP contribution in [-0.2, 0) is 20.9 Å². The highest BCUT2D eigenvalue weighted by Crippen LogP contribution is 2.33. The summed E-state index contributed by atoms with van der Waals surface area (Å²) in [5, 5.41) is 8.25. The van der Waals surface area contributed by atoms with Crippen molar-refractivity contribution in [2.75, 3.05) is 13.2 Å². The van der Waals surface area contributed by atoms with Gasteiger partial charge in [-0.15, -0.1) is 0 Å². The zero-order chi connectivity index (χ0) is 22.4. The second-order valence-electron chi connectivity index (χ2n) is 6.44. The molecule has 1 heterocycles. The molecule has 2 aromatic carbocycles. The maximum absolute atomic E-state index is 12.7. The fourth-order valence-corrected chi connectivity index (χ4v) is 3.57. The number of carbonyl (C=O) groups is 4. The van der Waals surface area contributed by atoms with E-state index in [4.69, 9.17) is 14.6 Å². The van der Waals surface area contributed by atoms with Gasteiger partial charge < -0.3 is 14.6 Å². The molecule has 0 atom stereocenters. The number of thioether (sulfide) groups is 1. The first-order chi connectivity index (χ1) is 14.9. The number of amides is 2. The van der Waals surface area contributed by atoms with Crippen LogP contribution in [0.5, 0.6) is 5.75 Å². The van der Waals surface area contributed by atoms with Crippen molar-refractivity contribution in [1.29, 1.82) is 0 Å². The average molecular weight is 441 g/mol. The lowest BCUT2D eigenvalue weighted by molar-refractivity contribution is -0.139.